The lowest BCUT2D eigenvalue weighted by molar-refractivity contribution is -0.133. The lowest BCUT2D eigenvalue weighted by Gasteiger charge is -2.43. The van der Waals surface area contributed by atoms with Crippen molar-refractivity contribution in [3.63, 3.8) is 0 Å². The second-order valence-electron chi connectivity index (χ2n) is 10.3. The van der Waals surface area contributed by atoms with Crippen LogP contribution < -0.4 is 26.6 Å². The van der Waals surface area contributed by atoms with Gasteiger partial charge in [-0.1, -0.05) is 44.2 Å². The summed E-state index contributed by atoms with van der Waals surface area (Å²) in [7, 11) is 0. The van der Waals surface area contributed by atoms with Gasteiger partial charge >= 0.3 is 0 Å². The van der Waals surface area contributed by atoms with Crippen LogP contribution in [-0.4, -0.2) is 74.5 Å². The molecule has 1 aromatic carbocycles. The van der Waals surface area contributed by atoms with Crippen molar-refractivity contribution in [2.45, 2.75) is 62.9 Å². The van der Waals surface area contributed by atoms with E-state index in [-0.39, 0.29) is 36.2 Å². The molecule has 10 nitrogen and oxygen atoms in total. The van der Waals surface area contributed by atoms with Crippen molar-refractivity contribution in [3.05, 3.63) is 35.9 Å². The van der Waals surface area contributed by atoms with E-state index in [4.69, 9.17) is 4.74 Å². The highest BCUT2D eigenvalue weighted by Crippen LogP contribution is 2.37. The van der Waals surface area contributed by atoms with Crippen LogP contribution >= 0.6 is 0 Å². The summed E-state index contributed by atoms with van der Waals surface area (Å²) in [6.07, 6.45) is 1.71. The molecule has 5 N–H and O–H groups in total. The fraction of sp³-hybridized carbons (Fsp3) is 0.615. The van der Waals surface area contributed by atoms with E-state index in [1.54, 1.807) is 0 Å². The topological polar surface area (TPSA) is 138 Å². The molecule has 0 radical (unpaired) electrons. The van der Waals surface area contributed by atoms with Gasteiger partial charge in [-0.05, 0) is 30.7 Å². The maximum atomic E-state index is 13.7. The summed E-state index contributed by atoms with van der Waals surface area (Å²) in [5.41, 5.74) is 0.185. The molecule has 3 aliphatic heterocycles. The minimum Gasteiger partial charge on any atom is -0.373 e. The average molecular weight is 500 g/mol. The van der Waals surface area contributed by atoms with E-state index in [1.807, 2.05) is 44.2 Å². The number of carbonyl (C=O) groups is 4. The van der Waals surface area contributed by atoms with E-state index in [2.05, 4.69) is 26.6 Å². The fourth-order valence-corrected chi connectivity index (χ4v) is 5.63. The highest BCUT2D eigenvalue weighted by Gasteiger charge is 2.56. The predicted octanol–water partition coefficient (Wildman–Crippen LogP) is -0.417. The Kier molecular flexibility index (Phi) is 8.38. The first kappa shape index (κ1) is 26.2. The molecule has 3 saturated heterocycles. The van der Waals surface area contributed by atoms with Gasteiger partial charge in [0.05, 0.1) is 24.3 Å². The van der Waals surface area contributed by atoms with Gasteiger partial charge in [-0.3, -0.25) is 14.4 Å². The zero-order chi connectivity index (χ0) is 25.7. The molecule has 0 unspecified atom stereocenters. The molecule has 0 bridgehead atoms. The third-order valence-electron chi connectivity index (χ3n) is 7.36. The van der Waals surface area contributed by atoms with E-state index in [0.717, 1.165) is 5.56 Å². The van der Waals surface area contributed by atoms with E-state index >= 15 is 0 Å². The van der Waals surface area contributed by atoms with Crippen LogP contribution in [0.25, 0.3) is 0 Å². The molecule has 196 valence electrons. The monoisotopic (exact) mass is 499 g/mol. The van der Waals surface area contributed by atoms with Gasteiger partial charge in [0.2, 0.25) is 17.7 Å². The normalized spacial score (nSPS) is 29.2. The molecule has 0 aliphatic carbocycles. The van der Waals surface area contributed by atoms with Crippen molar-refractivity contribution in [2.24, 2.45) is 11.8 Å². The minimum absolute atomic E-state index is 0.0987. The molecule has 3 heterocycles. The molecular formula is C26H37N5O5. The Hall–Kier alpha value is -2.82. The molecule has 4 rings (SSSR count). The summed E-state index contributed by atoms with van der Waals surface area (Å²) in [4.78, 5) is 50.5. The number of carbonyl (C=O) groups excluding carboxylic acids is 4. The van der Waals surface area contributed by atoms with Crippen LogP contribution in [0.4, 0.5) is 0 Å². The van der Waals surface area contributed by atoms with Gasteiger partial charge < -0.3 is 36.1 Å². The van der Waals surface area contributed by atoms with Gasteiger partial charge in [0.1, 0.15) is 18.4 Å². The summed E-state index contributed by atoms with van der Waals surface area (Å²) in [6, 6.07) is 7.48. The zero-order valence-electron chi connectivity index (χ0n) is 20.9. The van der Waals surface area contributed by atoms with Crippen molar-refractivity contribution in [3.8, 4) is 0 Å². The molecule has 3 amide bonds. The van der Waals surface area contributed by atoms with E-state index < -0.39 is 29.6 Å². The van der Waals surface area contributed by atoms with Crippen molar-refractivity contribution >= 4 is 24.0 Å². The Balaban J connectivity index is 1.49. The lowest BCUT2D eigenvalue weighted by Crippen LogP contribution is -2.66. The maximum absolute atomic E-state index is 13.7. The Morgan fingerprint density at radius 2 is 1.97 bits per heavy atom. The van der Waals surface area contributed by atoms with Crippen LogP contribution in [0.1, 0.15) is 38.7 Å². The molecule has 36 heavy (non-hydrogen) atoms. The zero-order valence-corrected chi connectivity index (χ0v) is 20.9. The van der Waals surface area contributed by atoms with Crippen molar-refractivity contribution in [1.82, 2.24) is 26.6 Å². The van der Waals surface area contributed by atoms with Crippen LogP contribution in [0.3, 0.4) is 0 Å². The third-order valence-corrected chi connectivity index (χ3v) is 7.36. The van der Waals surface area contributed by atoms with Gasteiger partial charge in [-0.2, -0.15) is 0 Å². The Labute approximate surface area is 211 Å². The first-order valence-corrected chi connectivity index (χ1v) is 12.8. The fourth-order valence-electron chi connectivity index (χ4n) is 5.63. The number of rotatable bonds is 10. The highest BCUT2D eigenvalue weighted by atomic mass is 16.5. The number of ether oxygens (including phenoxy) is 1. The molecule has 1 aromatic rings. The molecule has 3 aliphatic rings. The number of hydrogen-bond acceptors (Lipinski definition) is 7. The number of morpholine rings is 1. The second kappa shape index (κ2) is 11.5. The van der Waals surface area contributed by atoms with Crippen LogP contribution in [0, 0.1) is 11.8 Å². The molecule has 10 heteroatoms. The standard InChI is InChI=1S/C26H37N5O5/c1-16(2)12-20(24(34)30-19(15-32)13-17-8-9-27-23(17)33)31-25(35)22-26(18-6-4-3-5-7-18)21(14-28-22)36-11-10-29-26/h3-7,15-17,19-22,28-29H,8-14H2,1-2H3,(H,27,33)(H,30,34)(H,31,35)/t17-,19-,20-,21-,22-,26-/m0/s1. The van der Waals surface area contributed by atoms with Crippen LogP contribution in [0.15, 0.2) is 30.3 Å². The third kappa shape index (κ3) is 5.45. The van der Waals surface area contributed by atoms with Crippen molar-refractivity contribution in [2.75, 3.05) is 26.2 Å². The lowest BCUT2D eigenvalue weighted by atomic mass is 9.79. The largest absolute Gasteiger partial charge is 0.373 e. The summed E-state index contributed by atoms with van der Waals surface area (Å²) in [5, 5.41) is 15.3. The maximum Gasteiger partial charge on any atom is 0.243 e. The Bertz CT molecular complexity index is 957. The average Bonchev–Trinajstić information content (AvgIpc) is 3.47. The summed E-state index contributed by atoms with van der Waals surface area (Å²) < 4.78 is 6.04. The van der Waals surface area contributed by atoms with E-state index in [1.165, 1.54) is 0 Å². The molecule has 0 spiro atoms. The number of nitrogens with one attached hydrogen (secondary N) is 5. The number of fused-ring (bicyclic) bond motifs is 1. The van der Waals surface area contributed by atoms with Gasteiger partial charge in [-0.25, -0.2) is 0 Å². The summed E-state index contributed by atoms with van der Waals surface area (Å²) in [5.74, 6) is -1.01. The van der Waals surface area contributed by atoms with E-state index in [0.29, 0.717) is 45.4 Å². The quantitative estimate of drug-likeness (QED) is 0.276. The molecule has 0 aromatic heterocycles. The second-order valence-corrected chi connectivity index (χ2v) is 10.3. The number of benzene rings is 1. The molecule has 3 fully saturated rings. The first-order chi connectivity index (χ1) is 17.3. The molecule has 6 atom stereocenters. The number of hydrogen-bond donors (Lipinski definition) is 5. The number of aldehydes is 1. The van der Waals surface area contributed by atoms with Crippen LogP contribution in [0.5, 0.6) is 0 Å². The van der Waals surface area contributed by atoms with Gasteiger partial charge in [0.15, 0.2) is 0 Å². The van der Waals surface area contributed by atoms with Crippen LogP contribution in [-0.2, 0) is 29.5 Å². The van der Waals surface area contributed by atoms with Gasteiger partial charge in [0, 0.05) is 25.6 Å². The van der Waals surface area contributed by atoms with E-state index in [9.17, 15) is 19.2 Å². The van der Waals surface area contributed by atoms with Crippen LogP contribution in [0.2, 0.25) is 0 Å². The summed E-state index contributed by atoms with van der Waals surface area (Å²) >= 11 is 0. The molecular weight excluding hydrogens is 462 g/mol. The SMILES string of the molecule is CC(C)C[C@H](NC(=O)[C@@H]1NC[C@@H]2OCCN[C@@]21c1ccccc1)C(=O)N[C@H](C=O)C[C@@H]1CCNC1=O. The predicted molar refractivity (Wildman–Crippen MR) is 133 cm³/mol. The Morgan fingerprint density at radius 1 is 1.19 bits per heavy atom. The number of amides is 3. The van der Waals surface area contributed by atoms with Crippen molar-refractivity contribution < 1.29 is 23.9 Å². The highest BCUT2D eigenvalue weighted by molar-refractivity contribution is 5.92. The Morgan fingerprint density at radius 3 is 2.64 bits per heavy atom. The smallest absolute Gasteiger partial charge is 0.243 e. The minimum atomic E-state index is -0.824. The van der Waals surface area contributed by atoms with Crippen molar-refractivity contribution in [1.29, 1.82) is 0 Å². The molecule has 0 saturated carbocycles. The summed E-state index contributed by atoms with van der Waals surface area (Å²) in [6.45, 7) is 6.17. The van der Waals surface area contributed by atoms with Gasteiger partial charge in [0.25, 0.3) is 0 Å². The first-order valence-electron chi connectivity index (χ1n) is 12.8. The van der Waals surface area contributed by atoms with Gasteiger partial charge in [-0.15, -0.1) is 0 Å².